The van der Waals surface area contributed by atoms with E-state index >= 15 is 4.39 Å². The second-order valence-electron chi connectivity index (χ2n) is 7.43. The number of hydrogen-bond acceptors (Lipinski definition) is 5. The van der Waals surface area contributed by atoms with Crippen LogP contribution in [0.3, 0.4) is 0 Å². The number of aromatic nitrogens is 3. The summed E-state index contributed by atoms with van der Waals surface area (Å²) in [6.45, 7) is 2.21. The molecular weight excluding hydrogens is 485 g/mol. The van der Waals surface area contributed by atoms with Gasteiger partial charge in [-0.25, -0.2) is 18.4 Å². The van der Waals surface area contributed by atoms with Crippen LogP contribution in [0.2, 0.25) is 5.02 Å². The molecule has 0 bridgehead atoms. The number of benzene rings is 2. The summed E-state index contributed by atoms with van der Waals surface area (Å²) < 4.78 is 75.2. The van der Waals surface area contributed by atoms with Gasteiger partial charge in [0.05, 0.1) is 34.9 Å². The maximum absolute atomic E-state index is 15.0. The molecule has 7 nitrogen and oxygen atoms in total. The zero-order valence-electron chi connectivity index (χ0n) is 17.5. The summed E-state index contributed by atoms with van der Waals surface area (Å²) in [7, 11) is 0. The molecule has 1 aliphatic rings. The molecule has 4 rings (SSSR count). The largest absolute Gasteiger partial charge is 0.480 e. The molecule has 2 heterocycles. The minimum atomic E-state index is -4.77. The second-order valence-corrected chi connectivity index (χ2v) is 7.84. The highest BCUT2D eigenvalue weighted by Gasteiger charge is 2.39. The number of carbonyl (C=O) groups excluding carboxylic acids is 1. The van der Waals surface area contributed by atoms with Crippen molar-refractivity contribution in [1.29, 1.82) is 0 Å². The molecule has 0 spiro atoms. The van der Waals surface area contributed by atoms with E-state index in [1.54, 1.807) is 4.68 Å². The Morgan fingerprint density at radius 1 is 1.26 bits per heavy atom. The van der Waals surface area contributed by atoms with Gasteiger partial charge in [-0.2, -0.15) is 18.3 Å². The number of nitrogens with one attached hydrogen (secondary N) is 2. The second kappa shape index (κ2) is 9.18. The van der Waals surface area contributed by atoms with Crippen molar-refractivity contribution < 1.29 is 31.5 Å². The van der Waals surface area contributed by atoms with Gasteiger partial charge in [0.1, 0.15) is 23.2 Å². The molecule has 1 atom stereocenters. The quantitative estimate of drug-likeness (QED) is 0.501. The van der Waals surface area contributed by atoms with Crippen LogP contribution < -0.4 is 15.4 Å². The number of alkyl halides is 3. The SMILES string of the molecule is CC(Oc1cc(-c2nc3n(n2)CCNC3)c(F)cc1C(=O)Nc1c(F)cccc1Cl)C(F)(F)F. The van der Waals surface area contributed by atoms with Gasteiger partial charge in [-0.1, -0.05) is 17.7 Å². The standard InChI is InChI=1S/C21H17ClF5N5O2/c1-10(21(25,26)27)34-16-8-11(19-29-17-9-28-5-6-32(17)31-19)15(24)7-12(16)20(33)30-18-13(22)3-2-4-14(18)23/h2-4,7-8,10,28H,5-6,9H2,1H3,(H,30,33). The summed E-state index contributed by atoms with van der Waals surface area (Å²) in [5, 5.41) is 9.27. The number of anilines is 1. The number of fused-ring (bicyclic) bond motifs is 1. The van der Waals surface area contributed by atoms with Gasteiger partial charge in [-0.15, -0.1) is 0 Å². The van der Waals surface area contributed by atoms with E-state index in [1.165, 1.54) is 12.1 Å². The lowest BCUT2D eigenvalue weighted by Crippen LogP contribution is -2.32. The van der Waals surface area contributed by atoms with Crippen molar-refractivity contribution in [3.8, 4) is 17.1 Å². The third-order valence-electron chi connectivity index (χ3n) is 5.05. The van der Waals surface area contributed by atoms with E-state index in [1.807, 2.05) is 0 Å². The molecular formula is C21H17ClF5N5O2. The van der Waals surface area contributed by atoms with E-state index in [0.29, 0.717) is 31.5 Å². The minimum Gasteiger partial charge on any atom is -0.480 e. The van der Waals surface area contributed by atoms with Crippen LogP contribution in [-0.2, 0) is 13.1 Å². The first-order valence-corrected chi connectivity index (χ1v) is 10.4. The Hall–Kier alpha value is -3.25. The van der Waals surface area contributed by atoms with Gasteiger partial charge in [0.2, 0.25) is 0 Å². The van der Waals surface area contributed by atoms with Gasteiger partial charge in [0.15, 0.2) is 11.9 Å². The molecule has 0 aliphatic carbocycles. The third kappa shape index (κ3) is 4.82. The normalized spacial score (nSPS) is 14.4. The van der Waals surface area contributed by atoms with Crippen LogP contribution in [0, 0.1) is 11.6 Å². The molecule has 2 aromatic carbocycles. The topological polar surface area (TPSA) is 81.1 Å². The van der Waals surface area contributed by atoms with Crippen molar-refractivity contribution in [2.75, 3.05) is 11.9 Å². The van der Waals surface area contributed by atoms with Gasteiger partial charge in [-0.3, -0.25) is 4.79 Å². The molecule has 0 saturated carbocycles. The Kier molecular flexibility index (Phi) is 6.45. The Labute approximate surface area is 194 Å². The van der Waals surface area contributed by atoms with E-state index in [2.05, 4.69) is 20.7 Å². The summed E-state index contributed by atoms with van der Waals surface area (Å²) in [6, 6.07) is 5.23. The van der Waals surface area contributed by atoms with Crippen LogP contribution in [0.1, 0.15) is 23.1 Å². The molecule has 0 saturated heterocycles. The highest BCUT2D eigenvalue weighted by molar-refractivity contribution is 6.34. The molecule has 34 heavy (non-hydrogen) atoms. The Balaban J connectivity index is 1.76. The number of carbonyl (C=O) groups is 1. The lowest BCUT2D eigenvalue weighted by atomic mass is 10.1. The summed E-state index contributed by atoms with van der Waals surface area (Å²) in [6.07, 6.45) is -7.10. The first-order chi connectivity index (χ1) is 16.0. The van der Waals surface area contributed by atoms with Gasteiger partial charge in [-0.05, 0) is 31.2 Å². The maximum atomic E-state index is 15.0. The van der Waals surface area contributed by atoms with Crippen LogP contribution >= 0.6 is 11.6 Å². The molecule has 1 aliphatic heterocycles. The maximum Gasteiger partial charge on any atom is 0.425 e. The van der Waals surface area contributed by atoms with Crippen molar-refractivity contribution >= 4 is 23.2 Å². The van der Waals surface area contributed by atoms with Crippen molar-refractivity contribution in [2.24, 2.45) is 0 Å². The van der Waals surface area contributed by atoms with Gasteiger partial charge in [0, 0.05) is 6.54 Å². The first kappa shape index (κ1) is 23.9. The van der Waals surface area contributed by atoms with Crippen LogP contribution in [-0.4, -0.2) is 39.5 Å². The summed E-state index contributed by atoms with van der Waals surface area (Å²) in [5.74, 6) is -3.13. The average Bonchev–Trinajstić information content (AvgIpc) is 3.20. The Bertz CT molecular complexity index is 1200. The average molecular weight is 502 g/mol. The Morgan fingerprint density at radius 2 is 2.03 bits per heavy atom. The van der Waals surface area contributed by atoms with Crippen molar-refractivity contribution in [1.82, 2.24) is 20.1 Å². The summed E-state index contributed by atoms with van der Waals surface area (Å²) in [4.78, 5) is 17.0. The lowest BCUT2D eigenvalue weighted by molar-refractivity contribution is -0.189. The van der Waals surface area contributed by atoms with E-state index in [4.69, 9.17) is 16.3 Å². The highest BCUT2D eigenvalue weighted by atomic mass is 35.5. The molecule has 2 N–H and O–H groups in total. The number of nitrogens with zero attached hydrogens (tertiary/aromatic N) is 3. The number of para-hydroxylation sites is 1. The molecule has 1 aromatic heterocycles. The number of halogens is 6. The predicted octanol–water partition coefficient (Wildman–Crippen LogP) is 4.56. The fraction of sp³-hybridized carbons (Fsp3) is 0.286. The van der Waals surface area contributed by atoms with Crippen LogP contribution in [0.15, 0.2) is 30.3 Å². The van der Waals surface area contributed by atoms with Gasteiger partial charge >= 0.3 is 6.18 Å². The summed E-state index contributed by atoms with van der Waals surface area (Å²) >= 11 is 5.90. The lowest BCUT2D eigenvalue weighted by Gasteiger charge is -2.20. The Morgan fingerprint density at radius 3 is 2.71 bits per heavy atom. The zero-order chi connectivity index (χ0) is 24.6. The number of rotatable bonds is 5. The predicted molar refractivity (Wildman–Crippen MR) is 113 cm³/mol. The highest BCUT2D eigenvalue weighted by Crippen LogP contribution is 2.34. The van der Waals surface area contributed by atoms with Crippen molar-refractivity contribution in [3.63, 3.8) is 0 Å². The molecule has 3 aromatic rings. The van der Waals surface area contributed by atoms with Crippen LogP contribution in [0.4, 0.5) is 27.6 Å². The molecule has 0 radical (unpaired) electrons. The molecule has 0 fully saturated rings. The zero-order valence-corrected chi connectivity index (χ0v) is 18.3. The van der Waals surface area contributed by atoms with E-state index in [0.717, 1.165) is 19.1 Å². The monoisotopic (exact) mass is 501 g/mol. The number of ether oxygens (including phenoxy) is 1. The minimum absolute atomic E-state index is 0.0789. The number of hydrogen-bond donors (Lipinski definition) is 2. The smallest absolute Gasteiger partial charge is 0.425 e. The van der Waals surface area contributed by atoms with E-state index < -0.39 is 46.8 Å². The van der Waals surface area contributed by atoms with Crippen LogP contribution in [0.5, 0.6) is 5.75 Å². The summed E-state index contributed by atoms with van der Waals surface area (Å²) in [5.41, 5.74) is -1.27. The molecule has 1 unspecified atom stereocenters. The fourth-order valence-corrected chi connectivity index (χ4v) is 3.45. The van der Waals surface area contributed by atoms with E-state index in [9.17, 15) is 22.4 Å². The van der Waals surface area contributed by atoms with Gasteiger partial charge < -0.3 is 15.4 Å². The molecule has 1 amide bonds. The van der Waals surface area contributed by atoms with Crippen molar-refractivity contribution in [2.45, 2.75) is 32.3 Å². The third-order valence-corrected chi connectivity index (χ3v) is 5.37. The first-order valence-electron chi connectivity index (χ1n) is 10.0. The molecule has 13 heteroatoms. The van der Waals surface area contributed by atoms with E-state index in [-0.39, 0.29) is 16.4 Å². The fourth-order valence-electron chi connectivity index (χ4n) is 3.24. The van der Waals surface area contributed by atoms with Crippen molar-refractivity contribution in [3.05, 3.63) is 58.4 Å². The number of amides is 1. The van der Waals surface area contributed by atoms with Gasteiger partial charge in [0.25, 0.3) is 5.91 Å². The van der Waals surface area contributed by atoms with Crippen LogP contribution in [0.25, 0.3) is 11.4 Å². The molecule has 180 valence electrons.